The average Bonchev–Trinajstić information content (AvgIpc) is 2.83. The smallest absolute Gasteiger partial charge is 0.125 e. The molecule has 0 bridgehead atoms. The van der Waals surface area contributed by atoms with E-state index in [1.807, 2.05) is 0 Å². The van der Waals surface area contributed by atoms with E-state index in [0.29, 0.717) is 18.4 Å². The molecule has 0 N–H and O–H groups in total. The summed E-state index contributed by atoms with van der Waals surface area (Å²) < 4.78 is 21.4. The number of rotatable bonds is 5. The van der Waals surface area contributed by atoms with Crippen LogP contribution in [0.5, 0.6) is 0 Å². The van der Waals surface area contributed by atoms with Crippen LogP contribution >= 0.6 is 11.6 Å². The van der Waals surface area contributed by atoms with E-state index in [9.17, 15) is 4.39 Å². The van der Waals surface area contributed by atoms with Gasteiger partial charge in [-0.1, -0.05) is 0 Å². The van der Waals surface area contributed by atoms with E-state index in [1.54, 1.807) is 12.1 Å². The van der Waals surface area contributed by atoms with Crippen LogP contribution in [0.25, 0.3) is 11.0 Å². The molecule has 2 heterocycles. The first-order valence-electron chi connectivity index (χ1n) is 7.60. The molecule has 0 radical (unpaired) electrons. The predicted octanol–water partition coefficient (Wildman–Crippen LogP) is 3.92. The van der Waals surface area contributed by atoms with Crippen LogP contribution in [0.2, 0.25) is 0 Å². The number of benzene rings is 1. The maximum absolute atomic E-state index is 13.5. The van der Waals surface area contributed by atoms with Crippen molar-refractivity contribution in [1.82, 2.24) is 9.55 Å². The summed E-state index contributed by atoms with van der Waals surface area (Å²) in [5, 5.41) is 0. The van der Waals surface area contributed by atoms with Gasteiger partial charge in [-0.05, 0) is 43.9 Å². The van der Waals surface area contributed by atoms with Crippen molar-refractivity contribution < 1.29 is 9.13 Å². The molecule has 0 saturated carbocycles. The second-order valence-corrected chi connectivity index (χ2v) is 5.91. The van der Waals surface area contributed by atoms with E-state index in [1.165, 1.54) is 12.5 Å². The Morgan fingerprint density at radius 1 is 1.38 bits per heavy atom. The normalized spacial score (nSPS) is 19.2. The third-order valence-corrected chi connectivity index (χ3v) is 4.25. The minimum Gasteiger partial charge on any atom is -0.378 e. The predicted molar refractivity (Wildman–Crippen MR) is 82.3 cm³/mol. The first kappa shape index (κ1) is 14.8. The second kappa shape index (κ2) is 6.75. The summed E-state index contributed by atoms with van der Waals surface area (Å²) in [6.07, 6.45) is 5.46. The first-order valence-corrected chi connectivity index (χ1v) is 8.13. The Bertz CT molecular complexity index is 608. The number of nitrogens with zero attached hydrogens (tertiary/aromatic N) is 2. The van der Waals surface area contributed by atoms with Gasteiger partial charge in [0.15, 0.2) is 0 Å². The zero-order valence-corrected chi connectivity index (χ0v) is 12.8. The van der Waals surface area contributed by atoms with Crippen LogP contribution in [-0.4, -0.2) is 28.1 Å². The monoisotopic (exact) mass is 310 g/mol. The Morgan fingerprint density at radius 2 is 2.29 bits per heavy atom. The number of ether oxygens (including phenoxy) is 1. The van der Waals surface area contributed by atoms with E-state index < -0.39 is 0 Å². The van der Waals surface area contributed by atoms with E-state index in [-0.39, 0.29) is 5.82 Å². The third-order valence-electron chi connectivity index (χ3n) is 4.06. The number of halogens is 2. The van der Waals surface area contributed by atoms with Crippen molar-refractivity contribution in [2.45, 2.75) is 44.8 Å². The van der Waals surface area contributed by atoms with Crippen LogP contribution in [0.1, 0.15) is 31.5 Å². The van der Waals surface area contributed by atoms with Gasteiger partial charge in [0.25, 0.3) is 0 Å². The molecule has 1 unspecified atom stereocenters. The fraction of sp³-hybridized carbons (Fsp3) is 0.562. The van der Waals surface area contributed by atoms with Crippen molar-refractivity contribution in [1.29, 1.82) is 0 Å². The lowest BCUT2D eigenvalue weighted by molar-refractivity contribution is 0.00887. The highest BCUT2D eigenvalue weighted by atomic mass is 35.5. The van der Waals surface area contributed by atoms with Gasteiger partial charge >= 0.3 is 0 Å². The average molecular weight is 311 g/mol. The Labute approximate surface area is 129 Å². The van der Waals surface area contributed by atoms with E-state index in [4.69, 9.17) is 16.3 Å². The topological polar surface area (TPSA) is 27.1 Å². The fourth-order valence-corrected chi connectivity index (χ4v) is 3.15. The Kier molecular flexibility index (Phi) is 4.76. The lowest BCUT2D eigenvalue weighted by Gasteiger charge is -2.23. The molecule has 1 aromatic heterocycles. The summed E-state index contributed by atoms with van der Waals surface area (Å²) >= 11 is 5.86. The number of hydrogen-bond donors (Lipinski definition) is 0. The SMILES string of the molecule is Fc1ccc2nc(CCCl)n(CCC3CCCCO3)c2c1. The molecule has 3 nitrogen and oxygen atoms in total. The van der Waals surface area contributed by atoms with Crippen molar-refractivity contribution in [2.75, 3.05) is 12.5 Å². The molecule has 21 heavy (non-hydrogen) atoms. The van der Waals surface area contributed by atoms with Gasteiger partial charge in [-0.25, -0.2) is 9.37 Å². The molecule has 1 aliphatic heterocycles. The number of alkyl halides is 1. The minimum absolute atomic E-state index is 0.227. The van der Waals surface area contributed by atoms with Gasteiger partial charge < -0.3 is 9.30 Å². The quantitative estimate of drug-likeness (QED) is 0.783. The number of aromatic nitrogens is 2. The van der Waals surface area contributed by atoms with Crippen molar-refractivity contribution in [2.24, 2.45) is 0 Å². The van der Waals surface area contributed by atoms with Crippen molar-refractivity contribution in [3.8, 4) is 0 Å². The number of imidazole rings is 1. The molecule has 2 aromatic rings. The highest BCUT2D eigenvalue weighted by Crippen LogP contribution is 2.21. The zero-order chi connectivity index (χ0) is 14.7. The molecule has 1 aliphatic rings. The summed E-state index contributed by atoms with van der Waals surface area (Å²) in [6.45, 7) is 1.66. The molecule has 1 aromatic carbocycles. The highest BCUT2D eigenvalue weighted by molar-refractivity contribution is 6.17. The van der Waals surface area contributed by atoms with Gasteiger partial charge in [-0.15, -0.1) is 11.6 Å². The molecule has 114 valence electrons. The number of aryl methyl sites for hydroxylation is 2. The van der Waals surface area contributed by atoms with Crippen LogP contribution in [0, 0.1) is 5.82 Å². The molecule has 0 aliphatic carbocycles. The minimum atomic E-state index is -0.227. The molecule has 3 rings (SSSR count). The fourth-order valence-electron chi connectivity index (χ4n) is 2.98. The third kappa shape index (κ3) is 3.38. The Balaban J connectivity index is 1.83. The summed E-state index contributed by atoms with van der Waals surface area (Å²) in [4.78, 5) is 4.58. The van der Waals surface area contributed by atoms with Gasteiger partial charge in [0.05, 0.1) is 17.1 Å². The largest absolute Gasteiger partial charge is 0.378 e. The maximum atomic E-state index is 13.5. The van der Waals surface area contributed by atoms with Gasteiger partial charge in [-0.2, -0.15) is 0 Å². The zero-order valence-electron chi connectivity index (χ0n) is 12.0. The van der Waals surface area contributed by atoms with Crippen LogP contribution in [0.15, 0.2) is 18.2 Å². The van der Waals surface area contributed by atoms with Crippen LogP contribution in [-0.2, 0) is 17.7 Å². The summed E-state index contributed by atoms with van der Waals surface area (Å²) in [7, 11) is 0. The van der Waals surface area contributed by atoms with Crippen molar-refractivity contribution in [3.63, 3.8) is 0 Å². The molecular weight excluding hydrogens is 291 g/mol. The second-order valence-electron chi connectivity index (χ2n) is 5.53. The highest BCUT2D eigenvalue weighted by Gasteiger charge is 2.16. The van der Waals surface area contributed by atoms with Crippen molar-refractivity contribution in [3.05, 3.63) is 29.8 Å². The lowest BCUT2D eigenvalue weighted by atomic mass is 10.1. The van der Waals surface area contributed by atoms with Gasteiger partial charge in [-0.3, -0.25) is 0 Å². The van der Waals surface area contributed by atoms with E-state index >= 15 is 0 Å². The molecule has 1 atom stereocenters. The van der Waals surface area contributed by atoms with Gasteiger partial charge in [0.2, 0.25) is 0 Å². The van der Waals surface area contributed by atoms with Crippen LogP contribution in [0.3, 0.4) is 0 Å². The summed E-state index contributed by atoms with van der Waals surface area (Å²) in [6, 6.07) is 4.74. The Hall–Kier alpha value is -1.13. The lowest BCUT2D eigenvalue weighted by Crippen LogP contribution is -2.21. The maximum Gasteiger partial charge on any atom is 0.125 e. The van der Waals surface area contributed by atoms with E-state index in [2.05, 4.69) is 9.55 Å². The van der Waals surface area contributed by atoms with Crippen LogP contribution in [0.4, 0.5) is 4.39 Å². The van der Waals surface area contributed by atoms with Gasteiger partial charge in [0.1, 0.15) is 11.6 Å². The standard InChI is InChI=1S/C16H20ClFN2O/c17-8-6-16-19-14-5-4-12(18)11-15(14)20(16)9-7-13-3-1-2-10-21-13/h4-5,11,13H,1-3,6-10H2. The molecular formula is C16H20ClFN2O. The van der Waals surface area contributed by atoms with E-state index in [0.717, 1.165) is 49.3 Å². The molecule has 0 spiro atoms. The van der Waals surface area contributed by atoms with Crippen molar-refractivity contribution >= 4 is 22.6 Å². The number of fused-ring (bicyclic) bond motifs is 1. The van der Waals surface area contributed by atoms with Gasteiger partial charge in [0, 0.05) is 25.5 Å². The molecule has 1 fully saturated rings. The Morgan fingerprint density at radius 3 is 3.05 bits per heavy atom. The summed E-state index contributed by atoms with van der Waals surface area (Å²) in [5.74, 6) is 1.22. The molecule has 1 saturated heterocycles. The molecule has 5 heteroatoms. The van der Waals surface area contributed by atoms with Crippen LogP contribution < -0.4 is 0 Å². The molecule has 0 amide bonds. The number of hydrogen-bond acceptors (Lipinski definition) is 2. The summed E-state index contributed by atoms with van der Waals surface area (Å²) in [5.41, 5.74) is 1.69. The first-order chi connectivity index (χ1) is 10.3.